The van der Waals surface area contributed by atoms with Crippen LogP contribution in [-0.2, 0) is 9.53 Å². The van der Waals surface area contributed by atoms with Crippen LogP contribution in [0.25, 0.3) is 10.2 Å². The van der Waals surface area contributed by atoms with E-state index in [1.54, 1.807) is 0 Å². The molecule has 5 nitrogen and oxygen atoms in total. The van der Waals surface area contributed by atoms with E-state index in [1.807, 2.05) is 66.4 Å². The molecule has 0 radical (unpaired) electrons. The van der Waals surface area contributed by atoms with Gasteiger partial charge in [0.05, 0.1) is 29.5 Å². The van der Waals surface area contributed by atoms with Crippen LogP contribution in [0.15, 0.2) is 78.9 Å². The molecule has 0 aliphatic carbocycles. The van der Waals surface area contributed by atoms with Crippen LogP contribution in [0.2, 0.25) is 0 Å². The van der Waals surface area contributed by atoms with Crippen LogP contribution in [0.4, 0.5) is 5.13 Å². The van der Waals surface area contributed by atoms with E-state index in [1.165, 1.54) is 11.3 Å². The fourth-order valence-electron chi connectivity index (χ4n) is 4.63. The van der Waals surface area contributed by atoms with Crippen molar-refractivity contribution in [2.24, 2.45) is 0 Å². The van der Waals surface area contributed by atoms with Crippen molar-refractivity contribution in [3.63, 3.8) is 0 Å². The normalized spacial score (nSPS) is 15.5. The van der Waals surface area contributed by atoms with Crippen molar-refractivity contribution in [1.82, 2.24) is 4.98 Å². The molecule has 3 aromatic carbocycles. The van der Waals surface area contributed by atoms with Crippen molar-refractivity contribution in [2.45, 2.75) is 38.2 Å². The Morgan fingerprint density at radius 1 is 1.09 bits per heavy atom. The van der Waals surface area contributed by atoms with Crippen LogP contribution in [-0.4, -0.2) is 36.8 Å². The van der Waals surface area contributed by atoms with E-state index < -0.39 is 0 Å². The van der Waals surface area contributed by atoms with Gasteiger partial charge < -0.3 is 9.47 Å². The number of aromatic nitrogens is 1. The summed E-state index contributed by atoms with van der Waals surface area (Å²) in [5.74, 6) is 0.846. The standard InChI is InChI=1S/C29H30N2O3S/c1-2-33-23-15-16-26-27(18-23)35-29(30-26)31(20-24-14-9-17-34-24)28(32)19-25(21-10-5-3-6-11-21)22-12-7-4-8-13-22/h3-8,10-13,15-16,18,24-25H,2,9,14,17,19-20H2,1H3/t24-/m0/s1. The summed E-state index contributed by atoms with van der Waals surface area (Å²) in [6.07, 6.45) is 2.39. The lowest BCUT2D eigenvalue weighted by atomic mass is 9.88. The zero-order chi connectivity index (χ0) is 24.0. The minimum Gasteiger partial charge on any atom is -0.494 e. The number of rotatable bonds is 9. The average Bonchev–Trinajstić information content (AvgIpc) is 3.56. The van der Waals surface area contributed by atoms with Crippen LogP contribution in [0, 0.1) is 0 Å². The van der Waals surface area contributed by atoms with Gasteiger partial charge in [-0.3, -0.25) is 9.69 Å². The molecule has 1 aliphatic rings. The third kappa shape index (κ3) is 5.55. The summed E-state index contributed by atoms with van der Waals surface area (Å²) >= 11 is 1.53. The highest BCUT2D eigenvalue weighted by Crippen LogP contribution is 2.35. The minimum atomic E-state index is -0.0316. The Balaban J connectivity index is 1.47. The molecule has 35 heavy (non-hydrogen) atoms. The Kier molecular flexibility index (Phi) is 7.40. The molecule has 180 valence electrons. The monoisotopic (exact) mass is 486 g/mol. The van der Waals surface area contributed by atoms with Crippen LogP contribution < -0.4 is 9.64 Å². The smallest absolute Gasteiger partial charge is 0.229 e. The van der Waals surface area contributed by atoms with E-state index in [4.69, 9.17) is 14.5 Å². The van der Waals surface area contributed by atoms with E-state index in [-0.39, 0.29) is 17.9 Å². The van der Waals surface area contributed by atoms with Crippen LogP contribution >= 0.6 is 11.3 Å². The molecule has 5 rings (SSSR count). The maximum absolute atomic E-state index is 13.9. The number of carbonyl (C=O) groups excluding carboxylic acids is 1. The van der Waals surface area contributed by atoms with Crippen LogP contribution in [0.5, 0.6) is 5.75 Å². The van der Waals surface area contributed by atoms with Crippen molar-refractivity contribution in [1.29, 1.82) is 0 Å². The van der Waals surface area contributed by atoms with Gasteiger partial charge in [-0.1, -0.05) is 72.0 Å². The summed E-state index contributed by atoms with van der Waals surface area (Å²) < 4.78 is 12.6. The van der Waals surface area contributed by atoms with Gasteiger partial charge in [0.15, 0.2) is 5.13 Å². The predicted molar refractivity (Wildman–Crippen MR) is 141 cm³/mol. The maximum atomic E-state index is 13.9. The third-order valence-electron chi connectivity index (χ3n) is 6.38. The predicted octanol–water partition coefficient (Wildman–Crippen LogP) is 6.43. The Bertz CT molecular complexity index is 1210. The van der Waals surface area contributed by atoms with E-state index in [0.717, 1.165) is 46.5 Å². The van der Waals surface area contributed by atoms with Gasteiger partial charge in [0.2, 0.25) is 5.91 Å². The van der Waals surface area contributed by atoms with Gasteiger partial charge in [-0.05, 0) is 49.1 Å². The number of fused-ring (bicyclic) bond motifs is 1. The first-order chi connectivity index (χ1) is 17.2. The number of hydrogen-bond donors (Lipinski definition) is 0. The lowest BCUT2D eigenvalue weighted by molar-refractivity contribution is -0.119. The second-order valence-corrected chi connectivity index (χ2v) is 9.79. The summed E-state index contributed by atoms with van der Waals surface area (Å²) in [4.78, 5) is 20.6. The second kappa shape index (κ2) is 11.0. The summed E-state index contributed by atoms with van der Waals surface area (Å²) in [6, 6.07) is 26.4. The van der Waals surface area contributed by atoms with Gasteiger partial charge in [-0.2, -0.15) is 0 Å². The van der Waals surface area contributed by atoms with Crippen LogP contribution in [0.1, 0.15) is 43.2 Å². The largest absolute Gasteiger partial charge is 0.494 e. The number of benzene rings is 3. The van der Waals surface area contributed by atoms with Gasteiger partial charge in [-0.15, -0.1) is 0 Å². The van der Waals surface area contributed by atoms with E-state index in [0.29, 0.717) is 24.7 Å². The molecule has 2 heterocycles. The van der Waals surface area contributed by atoms with Crippen molar-refractivity contribution in [3.8, 4) is 5.75 Å². The number of nitrogens with zero attached hydrogens (tertiary/aromatic N) is 2. The second-order valence-electron chi connectivity index (χ2n) is 8.78. The zero-order valence-corrected chi connectivity index (χ0v) is 20.7. The lowest BCUT2D eigenvalue weighted by Crippen LogP contribution is -2.38. The Labute approximate surface area is 210 Å². The molecule has 0 unspecified atom stereocenters. The molecule has 1 aromatic heterocycles. The van der Waals surface area contributed by atoms with Crippen molar-refractivity contribution in [2.75, 3.05) is 24.7 Å². The molecule has 1 fully saturated rings. The quantitative estimate of drug-likeness (QED) is 0.274. The maximum Gasteiger partial charge on any atom is 0.229 e. The highest BCUT2D eigenvalue weighted by atomic mass is 32.1. The highest BCUT2D eigenvalue weighted by molar-refractivity contribution is 7.22. The Morgan fingerprint density at radius 3 is 2.43 bits per heavy atom. The molecule has 0 bridgehead atoms. The fraction of sp³-hybridized carbons (Fsp3) is 0.310. The molecule has 0 N–H and O–H groups in total. The summed E-state index contributed by atoms with van der Waals surface area (Å²) in [7, 11) is 0. The van der Waals surface area contributed by atoms with Gasteiger partial charge in [0, 0.05) is 18.9 Å². The van der Waals surface area contributed by atoms with E-state index in [2.05, 4.69) is 24.3 Å². The zero-order valence-electron chi connectivity index (χ0n) is 19.9. The Hall–Kier alpha value is -3.22. The molecular weight excluding hydrogens is 456 g/mol. The third-order valence-corrected chi connectivity index (χ3v) is 7.43. The molecule has 1 aliphatic heterocycles. The summed E-state index contributed by atoms with van der Waals surface area (Å²) in [5, 5.41) is 0.717. The SMILES string of the molecule is CCOc1ccc2nc(N(C[C@@H]3CCCO3)C(=O)CC(c3ccccc3)c3ccccc3)sc2c1. The van der Waals surface area contributed by atoms with Gasteiger partial charge in [-0.25, -0.2) is 4.98 Å². The van der Waals surface area contributed by atoms with E-state index in [9.17, 15) is 4.79 Å². The molecule has 0 spiro atoms. The number of ether oxygens (including phenoxy) is 2. The number of amides is 1. The first kappa shape index (κ1) is 23.5. The number of carbonyl (C=O) groups is 1. The van der Waals surface area contributed by atoms with Crippen molar-refractivity contribution >= 4 is 32.6 Å². The van der Waals surface area contributed by atoms with Crippen LogP contribution in [0.3, 0.4) is 0 Å². The molecule has 0 saturated carbocycles. The Morgan fingerprint density at radius 2 is 1.80 bits per heavy atom. The minimum absolute atomic E-state index is 0.0316. The molecule has 1 atom stereocenters. The number of thiazole rings is 1. The van der Waals surface area contributed by atoms with Gasteiger partial charge in [0.1, 0.15) is 5.75 Å². The summed E-state index contributed by atoms with van der Waals surface area (Å²) in [5.41, 5.74) is 3.14. The van der Waals surface area contributed by atoms with Crippen molar-refractivity contribution < 1.29 is 14.3 Å². The number of hydrogen-bond acceptors (Lipinski definition) is 5. The van der Waals surface area contributed by atoms with Gasteiger partial charge >= 0.3 is 0 Å². The molecular formula is C29H30N2O3S. The first-order valence-corrected chi connectivity index (χ1v) is 13.1. The first-order valence-electron chi connectivity index (χ1n) is 12.3. The molecule has 1 saturated heterocycles. The average molecular weight is 487 g/mol. The van der Waals surface area contributed by atoms with Gasteiger partial charge in [0.25, 0.3) is 0 Å². The van der Waals surface area contributed by atoms with E-state index >= 15 is 0 Å². The molecule has 1 amide bonds. The molecule has 6 heteroatoms. The fourth-order valence-corrected chi connectivity index (χ4v) is 5.65. The lowest BCUT2D eigenvalue weighted by Gasteiger charge is -2.26. The summed E-state index contributed by atoms with van der Waals surface area (Å²) in [6.45, 7) is 3.86. The number of anilines is 1. The molecule has 4 aromatic rings. The topological polar surface area (TPSA) is 51.7 Å². The van der Waals surface area contributed by atoms with Crippen molar-refractivity contribution in [3.05, 3.63) is 90.0 Å². The highest BCUT2D eigenvalue weighted by Gasteiger charge is 2.29.